The lowest BCUT2D eigenvalue weighted by atomic mass is 10.2. The number of hydrogen-bond acceptors (Lipinski definition) is 5. The summed E-state index contributed by atoms with van der Waals surface area (Å²) in [5, 5.41) is 12.3. The van der Waals surface area contributed by atoms with E-state index in [9.17, 15) is 4.79 Å². The van der Waals surface area contributed by atoms with Gasteiger partial charge in [-0.2, -0.15) is 0 Å². The van der Waals surface area contributed by atoms with Crippen LogP contribution in [0.15, 0.2) is 29.4 Å². The van der Waals surface area contributed by atoms with Gasteiger partial charge in [0.15, 0.2) is 5.82 Å². The molecule has 0 saturated heterocycles. The molecule has 2 aromatic rings. The number of rotatable bonds is 6. The van der Waals surface area contributed by atoms with E-state index in [2.05, 4.69) is 15.5 Å². The maximum Gasteiger partial charge on any atom is 0.230 e. The van der Waals surface area contributed by atoms with Gasteiger partial charge in [0.1, 0.15) is 0 Å². The maximum absolute atomic E-state index is 11.9. The first-order valence-corrected chi connectivity index (χ1v) is 8.79. The van der Waals surface area contributed by atoms with E-state index in [-0.39, 0.29) is 17.7 Å². The largest absolute Gasteiger partial charge is 0.353 e. The van der Waals surface area contributed by atoms with Crippen LogP contribution in [0.2, 0.25) is 5.02 Å². The molecule has 1 saturated carbocycles. The summed E-state index contributed by atoms with van der Waals surface area (Å²) in [7, 11) is 0. The number of carbonyl (C=O) groups is 1. The van der Waals surface area contributed by atoms with Gasteiger partial charge >= 0.3 is 0 Å². The van der Waals surface area contributed by atoms with E-state index in [1.54, 1.807) is 12.1 Å². The second-order valence-electron chi connectivity index (χ2n) is 5.67. The minimum absolute atomic E-state index is 0.00885. The predicted molar refractivity (Wildman–Crippen MR) is 91.7 cm³/mol. The van der Waals surface area contributed by atoms with Crippen LogP contribution in [0, 0.1) is 5.92 Å². The van der Waals surface area contributed by atoms with Gasteiger partial charge in [-0.3, -0.25) is 4.79 Å². The fourth-order valence-corrected chi connectivity index (χ4v) is 3.10. The molecular weight excluding hydrogens is 334 g/mol. The lowest BCUT2D eigenvalue weighted by Gasteiger charge is -2.12. The van der Waals surface area contributed by atoms with E-state index < -0.39 is 0 Å². The van der Waals surface area contributed by atoms with Crippen molar-refractivity contribution < 1.29 is 4.79 Å². The van der Waals surface area contributed by atoms with Gasteiger partial charge in [0.25, 0.3) is 0 Å². The fourth-order valence-electron chi connectivity index (χ4n) is 2.31. The minimum atomic E-state index is -0.00885. The van der Waals surface area contributed by atoms with E-state index in [1.165, 1.54) is 29.3 Å². The summed E-state index contributed by atoms with van der Waals surface area (Å²) in [5.41, 5.74) is 0.822. The van der Waals surface area contributed by atoms with Crippen molar-refractivity contribution in [2.75, 3.05) is 11.6 Å². The highest BCUT2D eigenvalue weighted by Gasteiger charge is 2.28. The van der Waals surface area contributed by atoms with E-state index in [0.29, 0.717) is 21.9 Å². The number of hydrogen-bond donors (Lipinski definition) is 2. The van der Waals surface area contributed by atoms with Crippen molar-refractivity contribution in [1.82, 2.24) is 20.2 Å². The Bertz CT molecular complexity index is 698. The SMILES string of the molecule is C[C@H](NC(=O)CSc1nnc(-c2ccc(Cl)cc2)n1N)C1CC1. The minimum Gasteiger partial charge on any atom is -0.353 e. The molecule has 1 aliphatic carbocycles. The first-order chi connectivity index (χ1) is 11.0. The monoisotopic (exact) mass is 351 g/mol. The molecule has 0 spiro atoms. The summed E-state index contributed by atoms with van der Waals surface area (Å²) < 4.78 is 1.39. The first kappa shape index (κ1) is 16.1. The number of amides is 1. The molecule has 8 heteroatoms. The lowest BCUT2D eigenvalue weighted by Crippen LogP contribution is -2.35. The van der Waals surface area contributed by atoms with Gasteiger partial charge in [-0.15, -0.1) is 10.2 Å². The Morgan fingerprint density at radius 2 is 2.13 bits per heavy atom. The van der Waals surface area contributed by atoms with Crippen molar-refractivity contribution in [2.24, 2.45) is 5.92 Å². The van der Waals surface area contributed by atoms with E-state index in [0.717, 1.165) is 5.56 Å². The Labute approximate surface area is 143 Å². The Hall–Kier alpha value is -1.73. The second-order valence-corrected chi connectivity index (χ2v) is 7.04. The van der Waals surface area contributed by atoms with Crippen molar-refractivity contribution >= 4 is 29.3 Å². The van der Waals surface area contributed by atoms with Crippen molar-refractivity contribution in [2.45, 2.75) is 31.0 Å². The number of benzene rings is 1. The number of nitrogens with two attached hydrogens (primary N) is 1. The molecule has 0 unspecified atom stereocenters. The maximum atomic E-state index is 11.9. The normalized spacial score (nSPS) is 15.4. The molecule has 1 amide bonds. The molecule has 1 aromatic heterocycles. The van der Waals surface area contributed by atoms with Gasteiger partial charge < -0.3 is 11.2 Å². The first-order valence-electron chi connectivity index (χ1n) is 7.43. The third kappa shape index (κ3) is 3.97. The lowest BCUT2D eigenvalue weighted by molar-refractivity contribution is -0.119. The summed E-state index contributed by atoms with van der Waals surface area (Å²) in [5.74, 6) is 7.46. The average molecular weight is 352 g/mol. The predicted octanol–water partition coefficient (Wildman–Crippen LogP) is 2.32. The summed E-state index contributed by atoms with van der Waals surface area (Å²) in [6.07, 6.45) is 2.41. The Balaban J connectivity index is 1.60. The quantitative estimate of drug-likeness (QED) is 0.616. The second kappa shape index (κ2) is 6.80. The molecule has 23 heavy (non-hydrogen) atoms. The Morgan fingerprint density at radius 1 is 1.43 bits per heavy atom. The summed E-state index contributed by atoms with van der Waals surface area (Å²) in [6, 6.07) is 7.43. The van der Waals surface area contributed by atoms with E-state index in [4.69, 9.17) is 17.4 Å². The highest BCUT2D eigenvalue weighted by Crippen LogP contribution is 2.32. The van der Waals surface area contributed by atoms with Crippen LogP contribution in [0.5, 0.6) is 0 Å². The zero-order valence-corrected chi connectivity index (χ0v) is 14.3. The molecular formula is C15H18ClN5OS. The number of thioether (sulfide) groups is 1. The fraction of sp³-hybridized carbons (Fsp3) is 0.400. The van der Waals surface area contributed by atoms with Gasteiger partial charge in [-0.25, -0.2) is 4.68 Å². The molecule has 122 valence electrons. The number of halogens is 1. The molecule has 0 radical (unpaired) electrons. The van der Waals surface area contributed by atoms with Gasteiger partial charge in [-0.1, -0.05) is 23.4 Å². The van der Waals surface area contributed by atoms with Crippen LogP contribution >= 0.6 is 23.4 Å². The zero-order chi connectivity index (χ0) is 16.4. The highest BCUT2D eigenvalue weighted by atomic mass is 35.5. The van der Waals surface area contributed by atoms with Crippen LogP contribution in [-0.2, 0) is 4.79 Å². The summed E-state index contributed by atoms with van der Waals surface area (Å²) in [6.45, 7) is 2.05. The molecule has 0 bridgehead atoms. The van der Waals surface area contributed by atoms with E-state index >= 15 is 0 Å². The zero-order valence-electron chi connectivity index (χ0n) is 12.7. The molecule has 3 rings (SSSR count). The van der Waals surface area contributed by atoms with Crippen LogP contribution in [-0.4, -0.2) is 32.6 Å². The van der Waals surface area contributed by atoms with Crippen LogP contribution in [0.4, 0.5) is 0 Å². The molecule has 0 aliphatic heterocycles. The molecule has 1 atom stereocenters. The van der Waals surface area contributed by atoms with Crippen molar-refractivity contribution in [1.29, 1.82) is 0 Å². The Morgan fingerprint density at radius 3 is 2.78 bits per heavy atom. The van der Waals surface area contributed by atoms with Crippen molar-refractivity contribution in [3.05, 3.63) is 29.3 Å². The highest BCUT2D eigenvalue weighted by molar-refractivity contribution is 7.99. The summed E-state index contributed by atoms with van der Waals surface area (Å²) >= 11 is 7.15. The van der Waals surface area contributed by atoms with Gasteiger partial charge in [0.2, 0.25) is 11.1 Å². The standard InChI is InChI=1S/C15H18ClN5OS/c1-9(10-2-3-10)18-13(22)8-23-15-20-19-14(21(15)17)11-4-6-12(16)7-5-11/h4-7,9-10H,2-3,8,17H2,1H3,(H,18,22)/t9-/m0/s1. The summed E-state index contributed by atoms with van der Waals surface area (Å²) in [4.78, 5) is 11.9. The number of aromatic nitrogens is 3. The number of nitrogens with one attached hydrogen (secondary N) is 1. The topological polar surface area (TPSA) is 85.8 Å². The van der Waals surface area contributed by atoms with Crippen LogP contribution in [0.1, 0.15) is 19.8 Å². The van der Waals surface area contributed by atoms with Crippen LogP contribution in [0.25, 0.3) is 11.4 Å². The van der Waals surface area contributed by atoms with Gasteiger partial charge in [-0.05, 0) is 49.9 Å². The van der Waals surface area contributed by atoms with Gasteiger partial charge in [0.05, 0.1) is 5.75 Å². The number of nitrogen functional groups attached to an aromatic ring is 1. The van der Waals surface area contributed by atoms with Crippen molar-refractivity contribution in [3.8, 4) is 11.4 Å². The third-order valence-corrected chi connectivity index (χ3v) is 5.01. The average Bonchev–Trinajstić information content (AvgIpc) is 3.31. The van der Waals surface area contributed by atoms with Gasteiger partial charge in [0, 0.05) is 16.6 Å². The number of carbonyl (C=O) groups excluding carboxylic acids is 1. The van der Waals surface area contributed by atoms with E-state index in [1.807, 2.05) is 19.1 Å². The van der Waals surface area contributed by atoms with Crippen LogP contribution in [0.3, 0.4) is 0 Å². The molecule has 1 heterocycles. The Kier molecular flexibility index (Phi) is 4.77. The molecule has 1 aromatic carbocycles. The molecule has 6 nitrogen and oxygen atoms in total. The molecule has 1 fully saturated rings. The number of nitrogens with zero attached hydrogens (tertiary/aromatic N) is 3. The smallest absolute Gasteiger partial charge is 0.230 e. The van der Waals surface area contributed by atoms with Crippen molar-refractivity contribution in [3.63, 3.8) is 0 Å². The molecule has 3 N–H and O–H groups in total. The third-order valence-electron chi connectivity index (χ3n) is 3.82. The van der Waals surface area contributed by atoms with Crippen LogP contribution < -0.4 is 11.2 Å². The molecule has 1 aliphatic rings.